The number of hydrogen-bond donors (Lipinski definition) is 0. The average molecular weight is 674 g/mol. The molecule has 0 unspecified atom stereocenters. The second-order valence-corrected chi connectivity index (χ2v) is 15.8. The standard InChI is InChI=1S/C32H34Cl2N4O4S2/c1-23-27(33)9-5-11-29(23)35-15-19-37(20-16-35)43(39,40)31-13-3-8-26-25(31)7-4-14-32(26)44(41,42)38-21-17-36(18-22-38)30-12-6-10-28(34)24(30)2/h3-14H,15-22H2,1-2H3. The van der Waals surface area contributed by atoms with Gasteiger partial charge < -0.3 is 9.80 Å². The first-order valence-corrected chi connectivity index (χ1v) is 18.2. The summed E-state index contributed by atoms with van der Waals surface area (Å²) in [6.45, 7) is 7.22. The fourth-order valence-corrected chi connectivity index (χ4v) is 9.79. The molecule has 2 heterocycles. The van der Waals surface area contributed by atoms with E-state index in [0.29, 0.717) is 73.2 Å². The molecule has 0 aliphatic carbocycles. The van der Waals surface area contributed by atoms with E-state index in [1.807, 2.05) is 50.2 Å². The van der Waals surface area contributed by atoms with Crippen molar-refractivity contribution in [2.75, 3.05) is 62.2 Å². The molecular weight excluding hydrogens is 639 g/mol. The molecule has 12 heteroatoms. The lowest BCUT2D eigenvalue weighted by Crippen LogP contribution is -2.49. The minimum Gasteiger partial charge on any atom is -0.369 e. The molecule has 4 aromatic carbocycles. The number of halogens is 2. The molecule has 0 atom stereocenters. The highest BCUT2D eigenvalue weighted by Gasteiger charge is 2.33. The van der Waals surface area contributed by atoms with Gasteiger partial charge in [-0.2, -0.15) is 8.61 Å². The molecule has 4 aromatic rings. The minimum absolute atomic E-state index is 0.112. The largest absolute Gasteiger partial charge is 0.369 e. The predicted octanol–water partition coefficient (Wildman–Crippen LogP) is 5.79. The van der Waals surface area contributed by atoms with Gasteiger partial charge >= 0.3 is 0 Å². The maximum atomic E-state index is 14.0. The Morgan fingerprint density at radius 1 is 0.500 bits per heavy atom. The van der Waals surface area contributed by atoms with Crippen LogP contribution in [0.2, 0.25) is 10.0 Å². The molecule has 2 saturated heterocycles. The van der Waals surface area contributed by atoms with E-state index in [0.717, 1.165) is 22.5 Å². The lowest BCUT2D eigenvalue weighted by Gasteiger charge is -2.36. The quantitative estimate of drug-likeness (QED) is 0.258. The maximum absolute atomic E-state index is 14.0. The van der Waals surface area contributed by atoms with E-state index in [1.165, 1.54) is 8.61 Å². The van der Waals surface area contributed by atoms with Crippen molar-refractivity contribution in [1.29, 1.82) is 0 Å². The number of nitrogens with zero attached hydrogens (tertiary/aromatic N) is 4. The van der Waals surface area contributed by atoms with Crippen LogP contribution in [0.3, 0.4) is 0 Å². The number of anilines is 2. The van der Waals surface area contributed by atoms with E-state index in [1.54, 1.807) is 36.4 Å². The highest BCUT2D eigenvalue weighted by Crippen LogP contribution is 2.34. The van der Waals surface area contributed by atoms with Crippen LogP contribution in [0.25, 0.3) is 10.8 Å². The second-order valence-electron chi connectivity index (χ2n) is 11.2. The Kier molecular flexibility index (Phi) is 8.60. The molecule has 2 aliphatic heterocycles. The van der Waals surface area contributed by atoms with Gasteiger partial charge in [-0.05, 0) is 61.4 Å². The Labute approximate surface area is 269 Å². The molecule has 0 bridgehead atoms. The molecule has 0 spiro atoms. The van der Waals surface area contributed by atoms with E-state index in [-0.39, 0.29) is 9.79 Å². The fourth-order valence-electron chi connectivity index (χ4n) is 6.20. The molecule has 2 fully saturated rings. The van der Waals surface area contributed by atoms with Gasteiger partial charge in [0.15, 0.2) is 0 Å². The Balaban J connectivity index is 1.24. The van der Waals surface area contributed by atoms with Crippen LogP contribution < -0.4 is 9.80 Å². The summed E-state index contributed by atoms with van der Waals surface area (Å²) in [5.41, 5.74) is 3.93. The summed E-state index contributed by atoms with van der Waals surface area (Å²) in [6, 6.07) is 21.2. The zero-order valence-electron chi connectivity index (χ0n) is 24.6. The van der Waals surface area contributed by atoms with Crippen molar-refractivity contribution in [2.24, 2.45) is 0 Å². The van der Waals surface area contributed by atoms with E-state index in [9.17, 15) is 16.8 Å². The van der Waals surface area contributed by atoms with Crippen molar-refractivity contribution in [1.82, 2.24) is 8.61 Å². The average Bonchev–Trinajstić information content (AvgIpc) is 3.03. The van der Waals surface area contributed by atoms with Crippen molar-refractivity contribution in [3.63, 3.8) is 0 Å². The number of fused-ring (bicyclic) bond motifs is 1. The van der Waals surface area contributed by atoms with Crippen LogP contribution in [-0.4, -0.2) is 77.8 Å². The zero-order valence-corrected chi connectivity index (χ0v) is 27.7. The molecule has 232 valence electrons. The Morgan fingerprint density at radius 2 is 0.841 bits per heavy atom. The van der Waals surface area contributed by atoms with Crippen molar-refractivity contribution in [3.8, 4) is 0 Å². The smallest absolute Gasteiger partial charge is 0.243 e. The first kappa shape index (κ1) is 31.1. The normalized spacial score (nSPS) is 17.4. The summed E-state index contributed by atoms with van der Waals surface area (Å²) in [6.07, 6.45) is 0. The Hall–Kier alpha value is -2.86. The van der Waals surface area contributed by atoms with Gasteiger partial charge in [-0.1, -0.05) is 59.6 Å². The monoisotopic (exact) mass is 672 g/mol. The molecule has 6 rings (SSSR count). The van der Waals surface area contributed by atoms with Crippen LogP contribution >= 0.6 is 23.2 Å². The van der Waals surface area contributed by atoms with Gasteiger partial charge in [0.2, 0.25) is 20.0 Å². The number of hydrogen-bond acceptors (Lipinski definition) is 6. The first-order chi connectivity index (χ1) is 21.0. The highest BCUT2D eigenvalue weighted by molar-refractivity contribution is 7.89. The van der Waals surface area contributed by atoms with Crippen LogP contribution in [0.15, 0.2) is 82.6 Å². The fraction of sp³-hybridized carbons (Fsp3) is 0.312. The molecule has 0 amide bonds. The third-order valence-corrected chi connectivity index (χ3v) is 13.4. The van der Waals surface area contributed by atoms with Gasteiger partial charge in [0.1, 0.15) is 0 Å². The SMILES string of the molecule is Cc1c(Cl)cccc1N1CCN(S(=O)(=O)c2cccc3c(S(=O)(=O)N4CCN(c5cccc(Cl)c5C)CC4)cccc23)CC1. The molecule has 44 heavy (non-hydrogen) atoms. The zero-order chi connectivity index (χ0) is 31.2. The van der Waals surface area contributed by atoms with Crippen LogP contribution in [0, 0.1) is 13.8 Å². The van der Waals surface area contributed by atoms with Crippen molar-refractivity contribution in [2.45, 2.75) is 23.6 Å². The van der Waals surface area contributed by atoms with E-state index in [4.69, 9.17) is 23.2 Å². The maximum Gasteiger partial charge on any atom is 0.243 e. The summed E-state index contributed by atoms with van der Waals surface area (Å²) >= 11 is 12.6. The van der Waals surface area contributed by atoms with E-state index < -0.39 is 20.0 Å². The topological polar surface area (TPSA) is 81.2 Å². The molecule has 8 nitrogen and oxygen atoms in total. The lowest BCUT2D eigenvalue weighted by molar-refractivity contribution is 0.384. The van der Waals surface area contributed by atoms with Gasteiger partial charge in [-0.3, -0.25) is 0 Å². The van der Waals surface area contributed by atoms with Crippen molar-refractivity contribution >= 4 is 65.4 Å². The summed E-state index contributed by atoms with van der Waals surface area (Å²) < 4.78 is 58.8. The number of sulfonamides is 2. The van der Waals surface area contributed by atoms with Crippen LogP contribution in [0.4, 0.5) is 11.4 Å². The molecule has 0 radical (unpaired) electrons. The van der Waals surface area contributed by atoms with Gasteiger partial charge in [-0.25, -0.2) is 16.8 Å². The van der Waals surface area contributed by atoms with Crippen molar-refractivity contribution in [3.05, 3.63) is 94.0 Å². The van der Waals surface area contributed by atoms with E-state index >= 15 is 0 Å². The highest BCUT2D eigenvalue weighted by atomic mass is 35.5. The number of rotatable bonds is 6. The summed E-state index contributed by atoms with van der Waals surface area (Å²) in [5.74, 6) is 0. The number of piperazine rings is 2. The van der Waals surface area contributed by atoms with Crippen molar-refractivity contribution < 1.29 is 16.8 Å². The van der Waals surface area contributed by atoms with E-state index in [2.05, 4.69) is 9.80 Å². The summed E-state index contributed by atoms with van der Waals surface area (Å²) in [4.78, 5) is 4.52. The Bertz CT molecular complexity index is 1800. The van der Waals surface area contributed by atoms with Gasteiger partial charge in [0, 0.05) is 84.6 Å². The van der Waals surface area contributed by atoms with Crippen LogP contribution in [-0.2, 0) is 20.0 Å². The lowest BCUT2D eigenvalue weighted by atomic mass is 10.1. The van der Waals surface area contributed by atoms with Crippen LogP contribution in [0.5, 0.6) is 0 Å². The third kappa shape index (κ3) is 5.57. The molecular formula is C32H34Cl2N4O4S2. The molecule has 0 N–H and O–H groups in total. The number of benzene rings is 4. The minimum atomic E-state index is -3.89. The Morgan fingerprint density at radius 3 is 1.20 bits per heavy atom. The van der Waals surface area contributed by atoms with Crippen LogP contribution in [0.1, 0.15) is 11.1 Å². The summed E-state index contributed by atoms with van der Waals surface area (Å²) in [5, 5.41) is 2.15. The molecule has 2 aliphatic rings. The molecule has 0 aromatic heterocycles. The molecule has 0 saturated carbocycles. The van der Waals surface area contributed by atoms with Gasteiger partial charge in [0.05, 0.1) is 9.79 Å². The second kappa shape index (κ2) is 12.2. The third-order valence-electron chi connectivity index (χ3n) is 8.71. The van der Waals surface area contributed by atoms with Gasteiger partial charge in [0.25, 0.3) is 0 Å². The van der Waals surface area contributed by atoms with Gasteiger partial charge in [-0.15, -0.1) is 0 Å². The predicted molar refractivity (Wildman–Crippen MR) is 178 cm³/mol. The first-order valence-electron chi connectivity index (χ1n) is 14.5. The summed E-state index contributed by atoms with van der Waals surface area (Å²) in [7, 11) is -7.78.